The summed E-state index contributed by atoms with van der Waals surface area (Å²) in [6.07, 6.45) is 4.27. The summed E-state index contributed by atoms with van der Waals surface area (Å²) >= 11 is 0. The number of benzene rings is 1. The minimum atomic E-state index is -0.0501. The third-order valence-electron chi connectivity index (χ3n) is 4.08. The van der Waals surface area contributed by atoms with Crippen LogP contribution in [0.2, 0.25) is 0 Å². The van der Waals surface area contributed by atoms with Gasteiger partial charge in [0.1, 0.15) is 0 Å². The van der Waals surface area contributed by atoms with Gasteiger partial charge in [-0.15, -0.1) is 0 Å². The van der Waals surface area contributed by atoms with Crippen molar-refractivity contribution in [2.24, 2.45) is 5.92 Å². The van der Waals surface area contributed by atoms with Gasteiger partial charge in [0.25, 0.3) is 0 Å². The number of rotatable bonds is 6. The highest BCUT2D eigenvalue weighted by atomic mass is 16.5. The Morgan fingerprint density at radius 3 is 2.67 bits per heavy atom. The molecule has 0 aliphatic carbocycles. The predicted octanol–water partition coefficient (Wildman–Crippen LogP) is 2.75. The van der Waals surface area contributed by atoms with Crippen LogP contribution in [0, 0.1) is 5.92 Å². The lowest BCUT2D eigenvalue weighted by Crippen LogP contribution is -2.15. The molecule has 1 saturated heterocycles. The Kier molecular flexibility index (Phi) is 5.76. The van der Waals surface area contributed by atoms with Crippen LogP contribution in [0.15, 0.2) is 24.3 Å². The molecule has 0 unspecified atom stereocenters. The summed E-state index contributed by atoms with van der Waals surface area (Å²) in [7, 11) is 0. The number of amides is 1. The molecule has 1 aliphatic rings. The number of nitrogens with one attached hydrogen (secondary N) is 1. The first-order chi connectivity index (χ1) is 10.1. The third kappa shape index (κ3) is 4.83. The highest BCUT2D eigenvalue weighted by Crippen LogP contribution is 2.30. The second-order valence-corrected chi connectivity index (χ2v) is 5.94. The molecule has 1 heterocycles. The highest BCUT2D eigenvalue weighted by molar-refractivity contribution is 5.88. The molecule has 1 aliphatic heterocycles. The van der Waals surface area contributed by atoms with Crippen molar-refractivity contribution in [1.29, 1.82) is 0 Å². The molecule has 3 atom stereocenters. The molecule has 1 amide bonds. The maximum Gasteiger partial charge on any atom is 0.221 e. The van der Waals surface area contributed by atoms with E-state index in [-0.39, 0.29) is 24.7 Å². The van der Waals surface area contributed by atoms with E-state index < -0.39 is 0 Å². The predicted molar refractivity (Wildman–Crippen MR) is 83.2 cm³/mol. The Labute approximate surface area is 126 Å². The number of aryl methyl sites for hydroxylation is 1. The van der Waals surface area contributed by atoms with E-state index in [1.54, 1.807) is 0 Å². The van der Waals surface area contributed by atoms with E-state index in [9.17, 15) is 4.79 Å². The topological polar surface area (TPSA) is 58.6 Å². The zero-order valence-corrected chi connectivity index (χ0v) is 12.8. The molecule has 0 saturated carbocycles. The van der Waals surface area contributed by atoms with Crippen molar-refractivity contribution in [3.8, 4) is 0 Å². The molecule has 1 fully saturated rings. The zero-order valence-electron chi connectivity index (χ0n) is 12.8. The molecule has 0 aromatic heterocycles. The van der Waals surface area contributed by atoms with Gasteiger partial charge in [-0.05, 0) is 49.3 Å². The van der Waals surface area contributed by atoms with Crippen LogP contribution in [-0.4, -0.2) is 29.8 Å². The maximum atomic E-state index is 11.0. The lowest BCUT2D eigenvalue weighted by molar-refractivity contribution is -0.114. The van der Waals surface area contributed by atoms with Crippen molar-refractivity contribution in [2.45, 2.75) is 51.7 Å². The van der Waals surface area contributed by atoms with Gasteiger partial charge >= 0.3 is 0 Å². The molecule has 1 aromatic rings. The van der Waals surface area contributed by atoms with Gasteiger partial charge in [-0.2, -0.15) is 0 Å². The summed E-state index contributed by atoms with van der Waals surface area (Å²) in [6.45, 7) is 3.94. The third-order valence-corrected chi connectivity index (χ3v) is 4.08. The lowest BCUT2D eigenvalue weighted by Gasteiger charge is -2.15. The molecule has 0 bridgehead atoms. The van der Waals surface area contributed by atoms with E-state index in [1.165, 1.54) is 12.5 Å². The minimum Gasteiger partial charge on any atom is -0.396 e. The van der Waals surface area contributed by atoms with Crippen molar-refractivity contribution in [2.75, 3.05) is 11.9 Å². The van der Waals surface area contributed by atoms with Crippen molar-refractivity contribution in [3.05, 3.63) is 29.8 Å². The van der Waals surface area contributed by atoms with Crippen molar-refractivity contribution < 1.29 is 14.6 Å². The fourth-order valence-corrected chi connectivity index (χ4v) is 2.95. The van der Waals surface area contributed by atoms with Gasteiger partial charge in [0.15, 0.2) is 0 Å². The lowest BCUT2D eigenvalue weighted by atomic mass is 9.96. The molecule has 2 N–H and O–H groups in total. The summed E-state index contributed by atoms with van der Waals surface area (Å²) in [6, 6.07) is 7.97. The van der Waals surface area contributed by atoms with Gasteiger partial charge in [0, 0.05) is 19.2 Å². The van der Waals surface area contributed by atoms with Gasteiger partial charge in [0.2, 0.25) is 5.91 Å². The van der Waals surface area contributed by atoms with E-state index in [4.69, 9.17) is 9.84 Å². The molecule has 1 aromatic carbocycles. The van der Waals surface area contributed by atoms with Crippen LogP contribution >= 0.6 is 0 Å². The van der Waals surface area contributed by atoms with Gasteiger partial charge in [-0.25, -0.2) is 0 Å². The van der Waals surface area contributed by atoms with Crippen LogP contribution in [0.5, 0.6) is 0 Å². The molecule has 0 radical (unpaired) electrons. The summed E-state index contributed by atoms with van der Waals surface area (Å²) in [4.78, 5) is 11.0. The van der Waals surface area contributed by atoms with Crippen molar-refractivity contribution in [1.82, 2.24) is 0 Å². The Balaban J connectivity index is 1.81. The maximum absolute atomic E-state index is 11.0. The van der Waals surface area contributed by atoms with Crippen LogP contribution in [-0.2, 0) is 16.0 Å². The van der Waals surface area contributed by atoms with Crippen molar-refractivity contribution >= 4 is 11.6 Å². The molecule has 21 heavy (non-hydrogen) atoms. The number of aliphatic hydroxyl groups excluding tert-OH is 1. The van der Waals surface area contributed by atoms with Crippen LogP contribution in [0.4, 0.5) is 5.69 Å². The Hall–Kier alpha value is -1.39. The Morgan fingerprint density at radius 1 is 1.33 bits per heavy atom. The van der Waals surface area contributed by atoms with E-state index in [0.717, 1.165) is 31.4 Å². The Morgan fingerprint density at radius 2 is 2.05 bits per heavy atom. The van der Waals surface area contributed by atoms with Gasteiger partial charge in [-0.3, -0.25) is 4.79 Å². The fraction of sp³-hybridized carbons (Fsp3) is 0.588. The fourth-order valence-electron chi connectivity index (χ4n) is 2.95. The van der Waals surface area contributed by atoms with Gasteiger partial charge < -0.3 is 15.2 Å². The Bertz CT molecular complexity index is 458. The second kappa shape index (κ2) is 7.57. The quantitative estimate of drug-likeness (QED) is 0.847. The first kappa shape index (κ1) is 16.0. The monoisotopic (exact) mass is 291 g/mol. The first-order valence-electron chi connectivity index (χ1n) is 7.71. The van der Waals surface area contributed by atoms with Crippen molar-refractivity contribution in [3.63, 3.8) is 0 Å². The van der Waals surface area contributed by atoms with E-state index >= 15 is 0 Å². The molecule has 116 valence electrons. The standard InChI is InChI=1S/C17H25NO3/c1-12-11-16(9-10-19)21-17(12)8-5-14-3-6-15(7-4-14)18-13(2)20/h3-4,6-7,12,16-17,19H,5,8-11H2,1-2H3,(H,18,20)/t12-,16+,17-/m1/s1. The molecular weight excluding hydrogens is 266 g/mol. The van der Waals surface area contributed by atoms with Gasteiger partial charge in [0.05, 0.1) is 12.2 Å². The minimum absolute atomic E-state index is 0.0501. The first-order valence-corrected chi connectivity index (χ1v) is 7.71. The largest absolute Gasteiger partial charge is 0.396 e. The molecule has 4 nitrogen and oxygen atoms in total. The molecular formula is C17H25NO3. The second-order valence-electron chi connectivity index (χ2n) is 5.94. The number of anilines is 1. The smallest absolute Gasteiger partial charge is 0.221 e. The molecule has 4 heteroatoms. The zero-order chi connectivity index (χ0) is 15.2. The normalized spacial score (nSPS) is 25.0. The van der Waals surface area contributed by atoms with E-state index in [1.807, 2.05) is 12.1 Å². The van der Waals surface area contributed by atoms with E-state index in [0.29, 0.717) is 5.92 Å². The van der Waals surface area contributed by atoms with Crippen LogP contribution in [0.3, 0.4) is 0 Å². The average Bonchev–Trinajstić information content (AvgIpc) is 2.78. The summed E-state index contributed by atoms with van der Waals surface area (Å²) in [5.41, 5.74) is 2.09. The van der Waals surface area contributed by atoms with Crippen LogP contribution in [0.1, 0.15) is 38.7 Å². The average molecular weight is 291 g/mol. The number of hydrogen-bond donors (Lipinski definition) is 2. The van der Waals surface area contributed by atoms with Crippen LogP contribution in [0.25, 0.3) is 0 Å². The molecule has 2 rings (SSSR count). The summed E-state index contributed by atoms with van der Waals surface area (Å²) < 4.78 is 6.00. The SMILES string of the molecule is CC(=O)Nc1ccc(CC[C@H]2O[C@@H](CCO)C[C@H]2C)cc1. The number of carbonyl (C=O) groups is 1. The number of carbonyl (C=O) groups excluding carboxylic acids is 1. The number of aliphatic hydroxyl groups is 1. The van der Waals surface area contributed by atoms with Crippen LogP contribution < -0.4 is 5.32 Å². The highest BCUT2D eigenvalue weighted by Gasteiger charge is 2.31. The number of ether oxygens (including phenoxy) is 1. The van der Waals surface area contributed by atoms with E-state index in [2.05, 4.69) is 24.4 Å². The molecule has 0 spiro atoms. The van der Waals surface area contributed by atoms with Gasteiger partial charge in [-0.1, -0.05) is 19.1 Å². The number of hydrogen-bond acceptors (Lipinski definition) is 3. The summed E-state index contributed by atoms with van der Waals surface area (Å²) in [5, 5.41) is 11.8. The summed E-state index contributed by atoms with van der Waals surface area (Å²) in [5.74, 6) is 0.506.